The Hall–Kier alpha value is -2.42. The highest BCUT2D eigenvalue weighted by atomic mass is 32.2. The zero-order chi connectivity index (χ0) is 19.0. The standard InChI is InChI=1S/C19H13NO4S3/c21-17-10-26-19(25)20(17)13(18(22)23)7-5-12-6-8-14(24-12)16-9-11-3-1-2-4-15(11)27-16/h1-9,13H,10H2,(H,22,23). The van der Waals surface area contributed by atoms with Gasteiger partial charge in [-0.1, -0.05) is 42.2 Å². The van der Waals surface area contributed by atoms with Gasteiger partial charge in [-0.2, -0.15) is 0 Å². The second-order valence-corrected chi connectivity index (χ2v) is 8.50. The summed E-state index contributed by atoms with van der Waals surface area (Å²) in [7, 11) is 0. The molecule has 0 radical (unpaired) electrons. The highest BCUT2D eigenvalue weighted by molar-refractivity contribution is 8.24. The first-order chi connectivity index (χ1) is 13.0. The molecule has 0 saturated carbocycles. The molecule has 4 rings (SSSR count). The number of thioether (sulfide) groups is 1. The van der Waals surface area contributed by atoms with Crippen molar-refractivity contribution >= 4 is 67.7 Å². The van der Waals surface area contributed by atoms with Gasteiger partial charge in [-0.15, -0.1) is 11.3 Å². The van der Waals surface area contributed by atoms with Gasteiger partial charge in [0.25, 0.3) is 0 Å². The molecule has 1 fully saturated rings. The number of carboxylic acid groups (broad SMARTS) is 1. The van der Waals surface area contributed by atoms with Crippen LogP contribution in [0.4, 0.5) is 0 Å². The minimum Gasteiger partial charge on any atom is -0.479 e. The van der Waals surface area contributed by atoms with Crippen molar-refractivity contribution in [1.29, 1.82) is 0 Å². The third kappa shape index (κ3) is 3.55. The van der Waals surface area contributed by atoms with E-state index in [-0.39, 0.29) is 16.0 Å². The van der Waals surface area contributed by atoms with E-state index < -0.39 is 12.0 Å². The summed E-state index contributed by atoms with van der Waals surface area (Å²) in [6.07, 6.45) is 2.99. The highest BCUT2D eigenvalue weighted by Crippen LogP contribution is 2.34. The van der Waals surface area contributed by atoms with Crippen molar-refractivity contribution in [3.8, 4) is 10.6 Å². The molecule has 27 heavy (non-hydrogen) atoms. The molecule has 1 aromatic carbocycles. The number of carboxylic acids is 1. The fourth-order valence-corrected chi connectivity index (χ4v) is 4.93. The molecular formula is C19H13NO4S3. The Bertz CT molecular complexity index is 1030. The summed E-state index contributed by atoms with van der Waals surface area (Å²) in [6.45, 7) is 0. The Morgan fingerprint density at radius 1 is 1.30 bits per heavy atom. The predicted octanol–water partition coefficient (Wildman–Crippen LogP) is 4.49. The molecule has 136 valence electrons. The number of hydrogen-bond acceptors (Lipinski definition) is 6. The first-order valence-electron chi connectivity index (χ1n) is 8.01. The molecule has 2 aromatic heterocycles. The second kappa shape index (κ2) is 7.30. The first-order valence-corrected chi connectivity index (χ1v) is 10.2. The lowest BCUT2D eigenvalue weighted by Gasteiger charge is -2.20. The molecule has 0 bridgehead atoms. The summed E-state index contributed by atoms with van der Waals surface area (Å²) in [4.78, 5) is 25.6. The zero-order valence-corrected chi connectivity index (χ0v) is 16.3. The van der Waals surface area contributed by atoms with Crippen LogP contribution in [0.3, 0.4) is 0 Å². The Morgan fingerprint density at radius 2 is 2.11 bits per heavy atom. The fraction of sp³-hybridized carbons (Fsp3) is 0.105. The van der Waals surface area contributed by atoms with Crippen molar-refractivity contribution in [3.63, 3.8) is 0 Å². The molecule has 1 amide bonds. The molecule has 8 heteroatoms. The molecule has 1 atom stereocenters. The molecule has 5 nitrogen and oxygen atoms in total. The largest absolute Gasteiger partial charge is 0.479 e. The molecular weight excluding hydrogens is 402 g/mol. The van der Waals surface area contributed by atoms with Crippen molar-refractivity contribution < 1.29 is 19.1 Å². The number of thiocarbonyl (C=S) groups is 1. The van der Waals surface area contributed by atoms with Crippen LogP contribution in [0.25, 0.3) is 26.8 Å². The van der Waals surface area contributed by atoms with Crippen LogP contribution in [0, 0.1) is 0 Å². The highest BCUT2D eigenvalue weighted by Gasteiger charge is 2.35. The molecule has 0 aliphatic carbocycles. The summed E-state index contributed by atoms with van der Waals surface area (Å²) < 4.78 is 7.29. The van der Waals surface area contributed by atoms with Gasteiger partial charge >= 0.3 is 5.97 Å². The topological polar surface area (TPSA) is 70.8 Å². The number of rotatable bonds is 5. The van der Waals surface area contributed by atoms with Gasteiger partial charge in [0.2, 0.25) is 5.91 Å². The van der Waals surface area contributed by atoms with Crippen LogP contribution in [0.15, 0.2) is 53.0 Å². The molecule has 1 unspecified atom stereocenters. The zero-order valence-electron chi connectivity index (χ0n) is 13.8. The lowest BCUT2D eigenvalue weighted by atomic mass is 10.2. The van der Waals surface area contributed by atoms with E-state index in [4.69, 9.17) is 16.6 Å². The molecule has 1 aliphatic heterocycles. The van der Waals surface area contributed by atoms with E-state index >= 15 is 0 Å². The third-order valence-corrected chi connectivity index (χ3v) is 6.57. The monoisotopic (exact) mass is 415 g/mol. The van der Waals surface area contributed by atoms with Gasteiger partial charge in [0.15, 0.2) is 6.04 Å². The number of thiophene rings is 1. The van der Waals surface area contributed by atoms with Gasteiger partial charge < -0.3 is 9.52 Å². The van der Waals surface area contributed by atoms with Crippen LogP contribution < -0.4 is 0 Å². The summed E-state index contributed by atoms with van der Waals surface area (Å²) in [6, 6.07) is 12.6. The average molecular weight is 416 g/mol. The quantitative estimate of drug-likeness (QED) is 0.619. The molecule has 1 N–H and O–H groups in total. The van der Waals surface area contributed by atoms with E-state index in [9.17, 15) is 14.7 Å². The SMILES string of the molecule is O=C(O)C(C=Cc1ccc(-c2cc3ccccc3s2)o1)N1C(=O)CSC1=S. The van der Waals surface area contributed by atoms with Gasteiger partial charge in [-0.05, 0) is 41.8 Å². The molecule has 1 saturated heterocycles. The maximum atomic E-state index is 11.9. The smallest absolute Gasteiger partial charge is 0.330 e. The summed E-state index contributed by atoms with van der Waals surface area (Å²) in [5.41, 5.74) is 0. The summed E-state index contributed by atoms with van der Waals surface area (Å²) in [5, 5.41) is 10.6. The number of carbonyl (C=O) groups excluding carboxylic acids is 1. The maximum absolute atomic E-state index is 11.9. The van der Waals surface area contributed by atoms with Crippen LogP contribution in [-0.2, 0) is 9.59 Å². The molecule has 1 aliphatic rings. The van der Waals surface area contributed by atoms with Gasteiger partial charge in [0.1, 0.15) is 15.8 Å². The lowest BCUT2D eigenvalue weighted by Crippen LogP contribution is -2.42. The lowest BCUT2D eigenvalue weighted by molar-refractivity contribution is -0.143. The normalized spacial score (nSPS) is 15.9. The fourth-order valence-electron chi connectivity index (χ4n) is 2.78. The minimum atomic E-state index is -1.14. The van der Waals surface area contributed by atoms with Gasteiger partial charge in [0, 0.05) is 4.70 Å². The first kappa shape index (κ1) is 18.0. The van der Waals surface area contributed by atoms with Gasteiger partial charge in [-0.25, -0.2) is 4.79 Å². The van der Waals surface area contributed by atoms with Crippen LogP contribution in [0.2, 0.25) is 0 Å². The van der Waals surface area contributed by atoms with E-state index in [1.807, 2.05) is 24.3 Å². The van der Waals surface area contributed by atoms with Crippen LogP contribution in [0.5, 0.6) is 0 Å². The number of furan rings is 1. The van der Waals surface area contributed by atoms with Crippen molar-refractivity contribution in [2.45, 2.75) is 6.04 Å². The predicted molar refractivity (Wildman–Crippen MR) is 112 cm³/mol. The number of fused-ring (bicyclic) bond motifs is 1. The van der Waals surface area contributed by atoms with Crippen LogP contribution >= 0.6 is 35.3 Å². The van der Waals surface area contributed by atoms with Crippen LogP contribution in [0.1, 0.15) is 5.76 Å². The van der Waals surface area contributed by atoms with Gasteiger partial charge in [0.05, 0.1) is 10.6 Å². The number of nitrogens with zero attached hydrogens (tertiary/aromatic N) is 1. The summed E-state index contributed by atoms with van der Waals surface area (Å²) in [5.74, 6) is -0.0361. The number of benzene rings is 1. The van der Waals surface area contributed by atoms with E-state index in [0.29, 0.717) is 11.5 Å². The number of carbonyl (C=O) groups is 2. The van der Waals surface area contributed by atoms with Crippen molar-refractivity contribution in [1.82, 2.24) is 4.90 Å². The van der Waals surface area contributed by atoms with Crippen molar-refractivity contribution in [3.05, 3.63) is 54.3 Å². The number of hydrogen-bond donors (Lipinski definition) is 1. The van der Waals surface area contributed by atoms with Gasteiger partial charge in [-0.3, -0.25) is 9.69 Å². The maximum Gasteiger partial charge on any atom is 0.330 e. The second-order valence-electron chi connectivity index (χ2n) is 5.81. The van der Waals surface area contributed by atoms with E-state index in [1.54, 1.807) is 23.5 Å². The van der Waals surface area contributed by atoms with E-state index in [0.717, 1.165) is 15.2 Å². The van der Waals surface area contributed by atoms with Crippen molar-refractivity contribution in [2.24, 2.45) is 0 Å². The third-order valence-electron chi connectivity index (χ3n) is 4.05. The number of aliphatic carboxylic acids is 1. The van der Waals surface area contributed by atoms with E-state index in [1.165, 1.54) is 22.5 Å². The molecule has 3 aromatic rings. The van der Waals surface area contributed by atoms with Crippen molar-refractivity contribution in [2.75, 3.05) is 5.75 Å². The molecule has 0 spiro atoms. The van der Waals surface area contributed by atoms with E-state index in [2.05, 4.69) is 12.1 Å². The van der Waals surface area contributed by atoms with Crippen LogP contribution in [-0.4, -0.2) is 38.0 Å². The Kier molecular flexibility index (Phi) is 4.86. The Labute approximate surface area is 168 Å². The Balaban J connectivity index is 1.58. The minimum absolute atomic E-state index is 0.174. The average Bonchev–Trinajstić information content (AvgIpc) is 3.35. The summed E-state index contributed by atoms with van der Waals surface area (Å²) >= 11 is 7.89. The number of amides is 1. The Morgan fingerprint density at radius 3 is 2.81 bits per heavy atom. The molecule has 3 heterocycles.